The zero-order valence-corrected chi connectivity index (χ0v) is 17.0. The normalized spacial score (nSPS) is 11.6. The Hall–Kier alpha value is -1.58. The first-order chi connectivity index (χ1) is 11.1. The third kappa shape index (κ3) is 4.71. The van der Waals surface area contributed by atoms with Crippen molar-refractivity contribution in [2.75, 3.05) is 0 Å². The van der Waals surface area contributed by atoms with Gasteiger partial charge in [-0.2, -0.15) is 0 Å². The number of rotatable bonds is 4. The Morgan fingerprint density at radius 3 is 1.50 bits per heavy atom. The second kappa shape index (κ2) is 8.50. The average Bonchev–Trinajstić information content (AvgIpc) is 3.02. The van der Waals surface area contributed by atoms with E-state index in [1.807, 2.05) is 13.8 Å². The molecule has 2 aromatic rings. The van der Waals surface area contributed by atoms with Gasteiger partial charge in [0.2, 0.25) is 0 Å². The Morgan fingerprint density at radius 1 is 0.625 bits per heavy atom. The monoisotopic (exact) mass is 334 g/mol. The van der Waals surface area contributed by atoms with E-state index in [9.17, 15) is 0 Å². The lowest BCUT2D eigenvalue weighted by Gasteiger charge is -2.07. The van der Waals surface area contributed by atoms with E-state index in [1.165, 1.54) is 11.1 Å². The maximum Gasteiger partial charge on any atom is 0.142 e. The maximum absolute atomic E-state index is 5.27. The Morgan fingerprint density at radius 2 is 1.17 bits per heavy atom. The molecule has 4 nitrogen and oxygen atoms in total. The summed E-state index contributed by atoms with van der Waals surface area (Å²) in [6.45, 7) is 21.2. The van der Waals surface area contributed by atoms with Crippen molar-refractivity contribution in [3.05, 3.63) is 34.0 Å². The van der Waals surface area contributed by atoms with Crippen molar-refractivity contribution < 1.29 is 9.05 Å². The molecule has 0 atom stereocenters. The Balaban J connectivity index is 0.000000240. The molecule has 0 fully saturated rings. The van der Waals surface area contributed by atoms with Gasteiger partial charge >= 0.3 is 0 Å². The molecule has 136 valence electrons. The van der Waals surface area contributed by atoms with Gasteiger partial charge in [0.05, 0.1) is 11.4 Å². The Kier molecular flexibility index (Phi) is 7.25. The zero-order valence-electron chi connectivity index (χ0n) is 17.0. The average molecular weight is 335 g/mol. The van der Waals surface area contributed by atoms with E-state index in [4.69, 9.17) is 9.05 Å². The number of aromatic nitrogens is 2. The molecule has 0 radical (unpaired) electrons. The molecular formula is C20H34N2O2. The standard InChI is InChI=1S/2C10H17NO/c1-6(2)9-8(5)12-11-10(9)7(3)4;1-6(2)9-8(5)11-12-10(9)7(3)4/h2*6-7H,1-5H3. The van der Waals surface area contributed by atoms with Crippen LogP contribution in [0.3, 0.4) is 0 Å². The highest BCUT2D eigenvalue weighted by Gasteiger charge is 2.18. The van der Waals surface area contributed by atoms with E-state index in [2.05, 4.69) is 65.7 Å². The summed E-state index contributed by atoms with van der Waals surface area (Å²) in [6, 6.07) is 0. The van der Waals surface area contributed by atoms with Crippen LogP contribution in [-0.4, -0.2) is 10.3 Å². The zero-order chi connectivity index (χ0) is 18.6. The lowest BCUT2D eigenvalue weighted by Crippen LogP contribution is -1.97. The van der Waals surface area contributed by atoms with Crippen molar-refractivity contribution in [1.29, 1.82) is 0 Å². The molecule has 2 heterocycles. The van der Waals surface area contributed by atoms with Crippen LogP contribution in [0.4, 0.5) is 0 Å². The summed E-state index contributed by atoms with van der Waals surface area (Å²) in [4.78, 5) is 0. The molecule has 0 aliphatic heterocycles. The molecule has 0 amide bonds. The van der Waals surface area contributed by atoms with Gasteiger partial charge in [-0.3, -0.25) is 0 Å². The van der Waals surface area contributed by atoms with Gasteiger partial charge in [0.1, 0.15) is 11.5 Å². The van der Waals surface area contributed by atoms with Gasteiger partial charge < -0.3 is 9.05 Å². The van der Waals surface area contributed by atoms with Crippen molar-refractivity contribution in [1.82, 2.24) is 10.3 Å². The van der Waals surface area contributed by atoms with E-state index < -0.39 is 0 Å². The molecule has 0 aliphatic carbocycles. The first-order valence-corrected chi connectivity index (χ1v) is 8.99. The minimum atomic E-state index is 0.434. The second-order valence-corrected chi connectivity index (χ2v) is 7.70. The third-order valence-corrected chi connectivity index (χ3v) is 4.10. The van der Waals surface area contributed by atoms with Crippen LogP contribution in [0.2, 0.25) is 0 Å². The van der Waals surface area contributed by atoms with Crippen LogP contribution >= 0.6 is 0 Å². The molecule has 0 spiro atoms. The summed E-state index contributed by atoms with van der Waals surface area (Å²) in [7, 11) is 0. The van der Waals surface area contributed by atoms with E-state index in [1.54, 1.807) is 0 Å². The predicted octanol–water partition coefficient (Wildman–Crippen LogP) is 6.46. The van der Waals surface area contributed by atoms with Gasteiger partial charge in [0, 0.05) is 17.0 Å². The smallest absolute Gasteiger partial charge is 0.142 e. The molecule has 2 rings (SSSR count). The quantitative estimate of drug-likeness (QED) is 0.644. The molecular weight excluding hydrogens is 300 g/mol. The number of hydrogen-bond acceptors (Lipinski definition) is 4. The number of aryl methyl sites for hydroxylation is 2. The first kappa shape index (κ1) is 20.5. The molecule has 24 heavy (non-hydrogen) atoms. The lowest BCUT2D eigenvalue weighted by atomic mass is 9.96. The van der Waals surface area contributed by atoms with Crippen LogP contribution in [-0.2, 0) is 0 Å². The lowest BCUT2D eigenvalue weighted by molar-refractivity contribution is 0.365. The van der Waals surface area contributed by atoms with Crippen LogP contribution in [0.25, 0.3) is 0 Å². The SMILES string of the molecule is Cc1noc(C(C)C)c1C(C)C.Cc1onc(C(C)C)c1C(C)C. The Labute approximate surface area is 147 Å². The topological polar surface area (TPSA) is 52.1 Å². The largest absolute Gasteiger partial charge is 0.361 e. The fourth-order valence-electron chi connectivity index (χ4n) is 3.03. The molecule has 0 bridgehead atoms. The fraction of sp³-hybridized carbons (Fsp3) is 0.700. The van der Waals surface area contributed by atoms with Crippen molar-refractivity contribution in [2.24, 2.45) is 0 Å². The van der Waals surface area contributed by atoms with Gasteiger partial charge in [0.25, 0.3) is 0 Å². The van der Waals surface area contributed by atoms with E-state index >= 15 is 0 Å². The van der Waals surface area contributed by atoms with Crippen molar-refractivity contribution in [3.63, 3.8) is 0 Å². The van der Waals surface area contributed by atoms with Crippen LogP contribution < -0.4 is 0 Å². The third-order valence-electron chi connectivity index (χ3n) is 4.10. The maximum atomic E-state index is 5.27. The minimum Gasteiger partial charge on any atom is -0.361 e. The van der Waals surface area contributed by atoms with Gasteiger partial charge in [-0.15, -0.1) is 0 Å². The second-order valence-electron chi connectivity index (χ2n) is 7.70. The molecule has 0 aliphatic rings. The van der Waals surface area contributed by atoms with E-state index in [0.29, 0.717) is 23.7 Å². The molecule has 0 aromatic carbocycles. The van der Waals surface area contributed by atoms with Crippen LogP contribution in [0.5, 0.6) is 0 Å². The highest BCUT2D eigenvalue weighted by Crippen LogP contribution is 2.29. The molecule has 0 saturated carbocycles. The van der Waals surface area contributed by atoms with Crippen molar-refractivity contribution in [3.8, 4) is 0 Å². The molecule has 4 heteroatoms. The summed E-state index contributed by atoms with van der Waals surface area (Å²) >= 11 is 0. The van der Waals surface area contributed by atoms with Crippen molar-refractivity contribution >= 4 is 0 Å². The van der Waals surface area contributed by atoms with E-state index in [-0.39, 0.29) is 0 Å². The van der Waals surface area contributed by atoms with Crippen LogP contribution in [0, 0.1) is 13.8 Å². The highest BCUT2D eigenvalue weighted by atomic mass is 16.5. The van der Waals surface area contributed by atoms with E-state index in [0.717, 1.165) is 22.9 Å². The number of hydrogen-bond donors (Lipinski definition) is 0. The highest BCUT2D eigenvalue weighted by molar-refractivity contribution is 5.28. The summed E-state index contributed by atoms with van der Waals surface area (Å²) in [6.07, 6.45) is 0. The van der Waals surface area contributed by atoms with Gasteiger partial charge in [-0.1, -0.05) is 65.7 Å². The fourth-order valence-corrected chi connectivity index (χ4v) is 3.03. The summed E-state index contributed by atoms with van der Waals surface area (Å²) in [5.74, 6) is 3.92. The number of nitrogens with zero attached hydrogens (tertiary/aromatic N) is 2. The van der Waals surface area contributed by atoms with Gasteiger partial charge in [0.15, 0.2) is 0 Å². The molecule has 0 unspecified atom stereocenters. The molecule has 2 aromatic heterocycles. The van der Waals surface area contributed by atoms with Gasteiger partial charge in [-0.25, -0.2) is 0 Å². The molecule has 0 N–H and O–H groups in total. The van der Waals surface area contributed by atoms with Gasteiger partial charge in [-0.05, 0) is 31.6 Å². The first-order valence-electron chi connectivity index (χ1n) is 8.99. The summed E-state index contributed by atoms with van der Waals surface area (Å²) < 4.78 is 10.4. The summed E-state index contributed by atoms with van der Waals surface area (Å²) in [5, 5.41) is 8.05. The predicted molar refractivity (Wildman–Crippen MR) is 98.8 cm³/mol. The molecule has 0 saturated heterocycles. The van der Waals surface area contributed by atoms with Crippen molar-refractivity contribution in [2.45, 2.75) is 92.9 Å². The van der Waals surface area contributed by atoms with Crippen LogP contribution in [0.1, 0.15) is 113 Å². The minimum absolute atomic E-state index is 0.434. The Bertz CT molecular complexity index is 578. The van der Waals surface area contributed by atoms with Crippen LogP contribution in [0.15, 0.2) is 9.05 Å². The summed E-state index contributed by atoms with van der Waals surface area (Å²) in [5.41, 5.74) is 4.71.